The number of fused-ring (bicyclic) bond motifs is 3. The maximum Gasteiger partial charge on any atom is 0.0120 e. The Morgan fingerprint density at radius 1 is 1.10 bits per heavy atom. The van der Waals surface area contributed by atoms with Crippen LogP contribution in [0.4, 0.5) is 0 Å². The molecule has 0 amide bonds. The quantitative estimate of drug-likeness (QED) is 0.598. The second-order valence-electron chi connectivity index (χ2n) is 6.99. The third-order valence-corrected chi connectivity index (χ3v) is 5.58. The van der Waals surface area contributed by atoms with Crippen LogP contribution in [0, 0.1) is 11.3 Å². The normalized spacial score (nSPS) is 37.7. The van der Waals surface area contributed by atoms with Gasteiger partial charge in [-0.25, -0.2) is 0 Å². The maximum absolute atomic E-state index is 2.52. The summed E-state index contributed by atoms with van der Waals surface area (Å²) in [6.07, 6.45) is 14.2. The first kappa shape index (κ1) is 12.2. The van der Waals surface area contributed by atoms with Gasteiger partial charge in [-0.15, -0.1) is 0 Å². The first-order chi connectivity index (χ1) is 9.70. The van der Waals surface area contributed by atoms with Gasteiger partial charge in [0.25, 0.3) is 0 Å². The first-order valence-electron chi connectivity index (χ1n) is 7.83. The monoisotopic (exact) mass is 262 g/mol. The molecule has 102 valence electrons. The van der Waals surface area contributed by atoms with Crippen LogP contribution in [0.5, 0.6) is 0 Å². The van der Waals surface area contributed by atoms with Gasteiger partial charge in [-0.1, -0.05) is 74.1 Å². The Balaban J connectivity index is 1.90. The molecular formula is C20H22. The highest BCUT2D eigenvalue weighted by Crippen LogP contribution is 2.63. The number of benzene rings is 1. The highest BCUT2D eigenvalue weighted by molar-refractivity contribution is 5.52. The van der Waals surface area contributed by atoms with E-state index >= 15 is 0 Å². The fraction of sp³-hybridized carbons (Fsp3) is 0.400. The van der Waals surface area contributed by atoms with E-state index in [9.17, 15) is 0 Å². The predicted molar refractivity (Wildman–Crippen MR) is 84.8 cm³/mol. The molecule has 0 radical (unpaired) electrons. The molecule has 0 bridgehead atoms. The molecule has 0 spiro atoms. The topological polar surface area (TPSA) is 0 Å². The van der Waals surface area contributed by atoms with Crippen LogP contribution in [0.1, 0.15) is 49.7 Å². The molecular weight excluding hydrogens is 240 g/mol. The van der Waals surface area contributed by atoms with Gasteiger partial charge in [0, 0.05) is 11.8 Å². The van der Waals surface area contributed by atoms with Gasteiger partial charge < -0.3 is 0 Å². The average Bonchev–Trinajstić information content (AvgIpc) is 3.00. The molecule has 4 unspecified atom stereocenters. The Kier molecular flexibility index (Phi) is 2.57. The van der Waals surface area contributed by atoms with Gasteiger partial charge in [0.15, 0.2) is 0 Å². The van der Waals surface area contributed by atoms with Crippen molar-refractivity contribution in [2.45, 2.75) is 38.5 Å². The minimum Gasteiger partial charge on any atom is -0.0850 e. The largest absolute Gasteiger partial charge is 0.0850 e. The van der Waals surface area contributed by atoms with Crippen molar-refractivity contribution in [2.24, 2.45) is 11.3 Å². The third-order valence-electron chi connectivity index (χ3n) is 5.58. The van der Waals surface area contributed by atoms with Crippen molar-refractivity contribution in [1.82, 2.24) is 0 Å². The van der Waals surface area contributed by atoms with Crippen molar-refractivity contribution < 1.29 is 0 Å². The second-order valence-corrected chi connectivity index (χ2v) is 6.99. The van der Waals surface area contributed by atoms with Gasteiger partial charge in [-0.3, -0.25) is 0 Å². The highest BCUT2D eigenvalue weighted by Gasteiger charge is 2.51. The Labute approximate surface area is 121 Å². The van der Waals surface area contributed by atoms with Crippen molar-refractivity contribution in [3.05, 3.63) is 71.3 Å². The summed E-state index contributed by atoms with van der Waals surface area (Å²) in [4.78, 5) is 0. The molecule has 4 rings (SSSR count). The van der Waals surface area contributed by atoms with E-state index in [1.807, 2.05) is 0 Å². The van der Waals surface area contributed by atoms with Gasteiger partial charge in [-0.05, 0) is 35.3 Å². The van der Waals surface area contributed by atoms with E-state index in [1.165, 1.54) is 6.42 Å². The summed E-state index contributed by atoms with van der Waals surface area (Å²) in [7, 11) is 0. The Morgan fingerprint density at radius 2 is 1.90 bits per heavy atom. The molecule has 0 aromatic heterocycles. The molecule has 0 N–H and O–H groups in total. The summed E-state index contributed by atoms with van der Waals surface area (Å²) < 4.78 is 0. The minimum absolute atomic E-state index is 0.357. The molecule has 0 nitrogen and oxygen atoms in total. The van der Waals surface area contributed by atoms with Crippen molar-refractivity contribution in [3.63, 3.8) is 0 Å². The molecule has 0 aliphatic heterocycles. The van der Waals surface area contributed by atoms with Crippen molar-refractivity contribution in [3.8, 4) is 0 Å². The van der Waals surface area contributed by atoms with Gasteiger partial charge >= 0.3 is 0 Å². The lowest BCUT2D eigenvalue weighted by molar-refractivity contribution is 0.212. The summed E-state index contributed by atoms with van der Waals surface area (Å²) in [5, 5.41) is 0. The van der Waals surface area contributed by atoms with E-state index in [0.717, 1.165) is 6.42 Å². The Morgan fingerprint density at radius 3 is 2.65 bits per heavy atom. The van der Waals surface area contributed by atoms with Crippen molar-refractivity contribution in [1.29, 1.82) is 0 Å². The van der Waals surface area contributed by atoms with Crippen LogP contribution in [0.15, 0.2) is 60.2 Å². The Hall–Kier alpha value is -1.56. The van der Waals surface area contributed by atoms with Crippen LogP contribution in [-0.4, -0.2) is 0 Å². The van der Waals surface area contributed by atoms with E-state index in [1.54, 1.807) is 16.7 Å². The lowest BCUT2D eigenvalue weighted by Gasteiger charge is -2.41. The summed E-state index contributed by atoms with van der Waals surface area (Å²) in [6.45, 7) is 4.88. The molecule has 4 atom stereocenters. The number of hydrogen-bond donors (Lipinski definition) is 0. The smallest absolute Gasteiger partial charge is 0.0120 e. The average molecular weight is 262 g/mol. The molecule has 0 saturated heterocycles. The Bertz CT molecular complexity index is 631. The molecule has 0 heteroatoms. The standard InChI is InChI=1S/C20H22/c1-14-11-12-18-16-9-5-6-10-17(16)19(20(18,2)13-14)15-7-3-4-8-15/h3-7,9-12,14,18-19H,8,13H2,1-2H3. The molecule has 3 aliphatic carbocycles. The minimum atomic E-state index is 0.357. The summed E-state index contributed by atoms with van der Waals surface area (Å²) in [5.74, 6) is 1.90. The summed E-state index contributed by atoms with van der Waals surface area (Å²) in [6, 6.07) is 9.13. The van der Waals surface area contributed by atoms with Gasteiger partial charge in [0.1, 0.15) is 0 Å². The van der Waals surface area contributed by atoms with Crippen LogP contribution in [0.25, 0.3) is 0 Å². The lowest BCUT2D eigenvalue weighted by Crippen LogP contribution is -2.31. The predicted octanol–water partition coefficient (Wildman–Crippen LogP) is 5.36. The van der Waals surface area contributed by atoms with E-state index in [2.05, 4.69) is 68.5 Å². The highest BCUT2D eigenvalue weighted by atomic mass is 14.5. The van der Waals surface area contributed by atoms with Crippen LogP contribution in [0.2, 0.25) is 0 Å². The molecule has 0 saturated carbocycles. The molecule has 1 aromatic carbocycles. The first-order valence-corrected chi connectivity index (χ1v) is 7.83. The second kappa shape index (κ2) is 4.22. The van der Waals surface area contributed by atoms with E-state index in [4.69, 9.17) is 0 Å². The van der Waals surface area contributed by atoms with Gasteiger partial charge in [-0.2, -0.15) is 0 Å². The van der Waals surface area contributed by atoms with E-state index < -0.39 is 0 Å². The zero-order valence-corrected chi connectivity index (χ0v) is 12.3. The van der Waals surface area contributed by atoms with Crippen LogP contribution in [0.3, 0.4) is 0 Å². The maximum atomic E-state index is 2.52. The van der Waals surface area contributed by atoms with Crippen LogP contribution in [-0.2, 0) is 0 Å². The van der Waals surface area contributed by atoms with Crippen molar-refractivity contribution in [2.75, 3.05) is 0 Å². The number of hydrogen-bond acceptors (Lipinski definition) is 0. The van der Waals surface area contributed by atoms with Gasteiger partial charge in [0.05, 0.1) is 0 Å². The van der Waals surface area contributed by atoms with Gasteiger partial charge in [0.2, 0.25) is 0 Å². The fourth-order valence-corrected chi connectivity index (χ4v) is 4.88. The van der Waals surface area contributed by atoms with E-state index in [0.29, 0.717) is 23.2 Å². The van der Waals surface area contributed by atoms with Crippen molar-refractivity contribution >= 4 is 0 Å². The summed E-state index contributed by atoms with van der Waals surface area (Å²) in [5.41, 5.74) is 5.12. The fourth-order valence-electron chi connectivity index (χ4n) is 4.88. The number of allylic oxidation sites excluding steroid dienone is 6. The zero-order chi connectivity index (χ0) is 13.7. The molecule has 20 heavy (non-hydrogen) atoms. The molecule has 0 heterocycles. The van der Waals surface area contributed by atoms with Crippen LogP contribution >= 0.6 is 0 Å². The lowest BCUT2D eigenvalue weighted by atomic mass is 9.62. The molecule has 3 aliphatic rings. The summed E-state index contributed by atoms with van der Waals surface area (Å²) >= 11 is 0. The zero-order valence-electron chi connectivity index (χ0n) is 12.3. The number of rotatable bonds is 1. The third kappa shape index (κ3) is 1.54. The SMILES string of the molecule is CC1C=CC2c3ccccc3C(C3=CC=CC3)C2(C)C1. The molecule has 1 aromatic rings. The molecule has 0 fully saturated rings. The van der Waals surface area contributed by atoms with E-state index in [-0.39, 0.29) is 0 Å². The van der Waals surface area contributed by atoms with Crippen LogP contribution < -0.4 is 0 Å².